The topological polar surface area (TPSA) is 117 Å². The van der Waals surface area contributed by atoms with E-state index >= 15 is 0 Å². The van der Waals surface area contributed by atoms with Gasteiger partial charge >= 0.3 is 5.97 Å². The van der Waals surface area contributed by atoms with Gasteiger partial charge in [-0.05, 0) is 56.9 Å². The number of carboxylic acid groups (broad SMARTS) is 1. The second-order valence-electron chi connectivity index (χ2n) is 9.35. The summed E-state index contributed by atoms with van der Waals surface area (Å²) in [5.41, 5.74) is 0.801. The third-order valence-electron chi connectivity index (χ3n) is 7.03. The van der Waals surface area contributed by atoms with Crippen LogP contribution in [-0.4, -0.2) is 53.2 Å². The van der Waals surface area contributed by atoms with Gasteiger partial charge in [0, 0.05) is 41.5 Å². The van der Waals surface area contributed by atoms with Gasteiger partial charge in [-0.1, -0.05) is 31.9 Å². The van der Waals surface area contributed by atoms with E-state index < -0.39 is 21.4 Å². The third kappa shape index (κ3) is 4.81. The van der Waals surface area contributed by atoms with Crippen LogP contribution in [-0.2, 0) is 20.2 Å². The Hall–Kier alpha value is -2.69. The normalized spacial score (nSPS) is 18.3. The van der Waals surface area contributed by atoms with Crippen LogP contribution in [0.15, 0.2) is 41.4 Å². The molecule has 1 saturated heterocycles. The summed E-state index contributed by atoms with van der Waals surface area (Å²) in [5, 5.41) is 15.4. The number of aromatic nitrogens is 3. The predicted octanol–water partition coefficient (Wildman–Crippen LogP) is 4.17. The fourth-order valence-corrected chi connectivity index (χ4v) is 6.72. The predicted molar refractivity (Wildman–Crippen MR) is 139 cm³/mol. The van der Waals surface area contributed by atoms with E-state index in [0.717, 1.165) is 6.42 Å². The Bertz CT molecular complexity index is 1360. The Morgan fingerprint density at radius 3 is 2.61 bits per heavy atom. The van der Waals surface area contributed by atoms with Crippen LogP contribution in [0.25, 0.3) is 5.65 Å². The maximum atomic E-state index is 13.0. The second-order valence-corrected chi connectivity index (χ2v) is 11.5. The standard InChI is InChI=1S/C25H32ClN5O4S/c1-4-13-25(5-2,24(32)33)22-17(3)28-21-12-14-27-31(21)23(22)30-15-6-7-19(16-30)29-36(34,35)20-10-8-18(26)9-11-20/h8-12,14,19,29H,4-7,13,15-16H2,1-3H3,(H,32,33)/t19-,25?/m1/s1. The highest BCUT2D eigenvalue weighted by Gasteiger charge is 2.44. The minimum Gasteiger partial charge on any atom is -0.481 e. The van der Waals surface area contributed by atoms with E-state index in [-0.39, 0.29) is 10.9 Å². The van der Waals surface area contributed by atoms with E-state index in [1.54, 1.807) is 28.9 Å². The maximum Gasteiger partial charge on any atom is 0.314 e. The summed E-state index contributed by atoms with van der Waals surface area (Å²) in [6.07, 6.45) is 4.60. The molecule has 11 heteroatoms. The summed E-state index contributed by atoms with van der Waals surface area (Å²) >= 11 is 5.92. The number of fused-ring (bicyclic) bond motifs is 1. The molecule has 1 unspecified atom stereocenters. The first-order valence-electron chi connectivity index (χ1n) is 12.2. The number of hydrogen-bond donors (Lipinski definition) is 2. The monoisotopic (exact) mass is 533 g/mol. The molecule has 36 heavy (non-hydrogen) atoms. The van der Waals surface area contributed by atoms with Crippen LogP contribution in [0.5, 0.6) is 0 Å². The van der Waals surface area contributed by atoms with Crippen LogP contribution in [0.4, 0.5) is 5.82 Å². The molecule has 1 aliphatic rings. The lowest BCUT2D eigenvalue weighted by Crippen LogP contribution is -2.49. The van der Waals surface area contributed by atoms with Crippen molar-refractivity contribution in [1.29, 1.82) is 0 Å². The van der Waals surface area contributed by atoms with Crippen molar-refractivity contribution in [3.05, 3.63) is 52.8 Å². The molecule has 0 aliphatic carbocycles. The highest BCUT2D eigenvalue weighted by molar-refractivity contribution is 7.89. The Morgan fingerprint density at radius 2 is 1.97 bits per heavy atom. The maximum absolute atomic E-state index is 13.0. The summed E-state index contributed by atoms with van der Waals surface area (Å²) in [6.45, 7) is 6.74. The van der Waals surface area contributed by atoms with Crippen molar-refractivity contribution < 1.29 is 18.3 Å². The SMILES string of the molecule is CCCC(CC)(C(=O)O)c1c(C)nc2ccnn2c1N1CCC[C@@H](NS(=O)(=O)c2ccc(Cl)cc2)C1. The molecular formula is C25H32ClN5O4S. The molecule has 0 amide bonds. The van der Waals surface area contributed by atoms with Crippen molar-refractivity contribution in [2.45, 2.75) is 69.2 Å². The fourth-order valence-electron chi connectivity index (χ4n) is 5.33. The number of anilines is 1. The minimum atomic E-state index is -3.75. The summed E-state index contributed by atoms with van der Waals surface area (Å²) in [4.78, 5) is 19.7. The zero-order valence-corrected chi connectivity index (χ0v) is 22.3. The van der Waals surface area contributed by atoms with E-state index in [1.165, 1.54) is 12.1 Å². The summed E-state index contributed by atoms with van der Waals surface area (Å²) < 4.78 is 30.6. The van der Waals surface area contributed by atoms with Gasteiger partial charge in [0.15, 0.2) is 5.65 Å². The zero-order chi connectivity index (χ0) is 26.1. The fraction of sp³-hybridized carbons (Fsp3) is 0.480. The van der Waals surface area contributed by atoms with Crippen LogP contribution in [0.2, 0.25) is 5.02 Å². The second kappa shape index (κ2) is 10.4. The molecule has 0 bridgehead atoms. The first-order chi connectivity index (χ1) is 17.1. The van der Waals surface area contributed by atoms with Gasteiger partial charge in [0.2, 0.25) is 10.0 Å². The van der Waals surface area contributed by atoms with E-state index in [2.05, 4.69) is 19.7 Å². The number of aliphatic carboxylic acids is 1. The number of nitrogens with zero attached hydrogens (tertiary/aromatic N) is 4. The van der Waals surface area contributed by atoms with Crippen LogP contribution in [0.1, 0.15) is 57.2 Å². The molecule has 0 saturated carbocycles. The van der Waals surface area contributed by atoms with Crippen LogP contribution >= 0.6 is 11.6 Å². The van der Waals surface area contributed by atoms with E-state index in [0.29, 0.717) is 66.5 Å². The van der Waals surface area contributed by atoms with Gasteiger partial charge < -0.3 is 10.0 Å². The lowest BCUT2D eigenvalue weighted by Gasteiger charge is -2.39. The number of carboxylic acids is 1. The molecule has 1 aliphatic heterocycles. The number of benzene rings is 1. The quantitative estimate of drug-likeness (QED) is 0.424. The molecule has 0 spiro atoms. The number of sulfonamides is 1. The van der Waals surface area contributed by atoms with Gasteiger partial charge in [-0.2, -0.15) is 9.61 Å². The van der Waals surface area contributed by atoms with Crippen LogP contribution < -0.4 is 9.62 Å². The Morgan fingerprint density at radius 1 is 1.25 bits per heavy atom. The minimum absolute atomic E-state index is 0.151. The van der Waals surface area contributed by atoms with Crippen LogP contribution in [0, 0.1) is 6.92 Å². The third-order valence-corrected chi connectivity index (χ3v) is 8.81. The van der Waals surface area contributed by atoms with E-state index in [9.17, 15) is 18.3 Å². The van der Waals surface area contributed by atoms with Gasteiger partial charge in [-0.25, -0.2) is 18.1 Å². The van der Waals surface area contributed by atoms with Crippen molar-refractivity contribution in [3.63, 3.8) is 0 Å². The Kier molecular flexibility index (Phi) is 7.59. The molecule has 1 fully saturated rings. The smallest absolute Gasteiger partial charge is 0.314 e. The average Bonchev–Trinajstić information content (AvgIpc) is 3.30. The molecule has 1 aromatic carbocycles. The van der Waals surface area contributed by atoms with Crippen molar-refractivity contribution in [2.75, 3.05) is 18.0 Å². The highest BCUT2D eigenvalue weighted by Crippen LogP contribution is 2.41. The van der Waals surface area contributed by atoms with Crippen molar-refractivity contribution in [2.24, 2.45) is 0 Å². The molecule has 2 aromatic heterocycles. The molecule has 194 valence electrons. The summed E-state index contributed by atoms with van der Waals surface area (Å²) in [6, 6.07) is 7.49. The highest BCUT2D eigenvalue weighted by atomic mass is 35.5. The average molecular weight is 534 g/mol. The van der Waals surface area contributed by atoms with Crippen LogP contribution in [0.3, 0.4) is 0 Å². The lowest BCUT2D eigenvalue weighted by atomic mass is 9.73. The number of hydrogen-bond acceptors (Lipinski definition) is 6. The molecule has 2 N–H and O–H groups in total. The van der Waals surface area contributed by atoms with Crippen molar-refractivity contribution >= 4 is 39.1 Å². The molecule has 2 atom stereocenters. The molecular weight excluding hydrogens is 502 g/mol. The first-order valence-corrected chi connectivity index (χ1v) is 14.1. The van der Waals surface area contributed by atoms with Crippen molar-refractivity contribution in [1.82, 2.24) is 19.3 Å². The van der Waals surface area contributed by atoms with E-state index in [1.807, 2.05) is 20.8 Å². The number of rotatable bonds is 9. The van der Waals surface area contributed by atoms with Gasteiger partial charge in [-0.3, -0.25) is 4.79 Å². The first kappa shape index (κ1) is 26.4. The number of carbonyl (C=O) groups is 1. The lowest BCUT2D eigenvalue weighted by molar-refractivity contribution is -0.144. The number of nitrogens with one attached hydrogen (secondary N) is 1. The van der Waals surface area contributed by atoms with Gasteiger partial charge in [0.25, 0.3) is 0 Å². The number of aryl methyl sites for hydroxylation is 1. The van der Waals surface area contributed by atoms with Gasteiger partial charge in [0.05, 0.1) is 16.5 Å². The van der Waals surface area contributed by atoms with Gasteiger partial charge in [0.1, 0.15) is 5.82 Å². The molecule has 3 aromatic rings. The Balaban J connectivity index is 1.76. The summed E-state index contributed by atoms with van der Waals surface area (Å²) in [7, 11) is -3.75. The molecule has 0 radical (unpaired) electrons. The number of halogens is 1. The number of piperidine rings is 1. The van der Waals surface area contributed by atoms with Gasteiger partial charge in [-0.15, -0.1) is 0 Å². The molecule has 9 nitrogen and oxygen atoms in total. The molecule has 4 rings (SSSR count). The Labute approximate surface area is 216 Å². The molecule has 3 heterocycles. The zero-order valence-electron chi connectivity index (χ0n) is 20.7. The largest absolute Gasteiger partial charge is 0.481 e. The van der Waals surface area contributed by atoms with E-state index in [4.69, 9.17) is 11.6 Å². The van der Waals surface area contributed by atoms with Crippen molar-refractivity contribution in [3.8, 4) is 0 Å². The summed E-state index contributed by atoms with van der Waals surface area (Å²) in [5.74, 6) is -0.211.